The SMILES string of the molecule is Cc1cccc(NC(=O)CSc2ncc(S(=O)(=O)c3cccc(C(F)(F)F)c3)c(=O)[nH]2)c1C. The molecule has 1 heterocycles. The molecule has 0 spiro atoms. The number of alkyl halides is 3. The van der Waals surface area contributed by atoms with Crippen LogP contribution in [0.25, 0.3) is 0 Å². The number of H-pyrrole nitrogens is 1. The Morgan fingerprint density at radius 1 is 1.15 bits per heavy atom. The van der Waals surface area contributed by atoms with Crippen molar-refractivity contribution in [3.8, 4) is 0 Å². The molecule has 3 aromatic rings. The van der Waals surface area contributed by atoms with E-state index in [-0.39, 0.29) is 16.8 Å². The predicted octanol–water partition coefficient (Wildman–Crippen LogP) is 3.97. The summed E-state index contributed by atoms with van der Waals surface area (Å²) in [5, 5.41) is 2.73. The highest BCUT2D eigenvalue weighted by molar-refractivity contribution is 7.99. The zero-order valence-corrected chi connectivity index (χ0v) is 19.0. The molecule has 0 unspecified atom stereocenters. The number of aromatic nitrogens is 2. The molecule has 0 aliphatic carbocycles. The van der Waals surface area contributed by atoms with Crippen molar-refractivity contribution in [2.24, 2.45) is 0 Å². The van der Waals surface area contributed by atoms with Crippen molar-refractivity contribution in [1.82, 2.24) is 9.97 Å². The molecule has 0 aliphatic heterocycles. The number of anilines is 1. The number of aryl methyl sites for hydroxylation is 1. The Bertz CT molecular complexity index is 1370. The van der Waals surface area contributed by atoms with Gasteiger partial charge in [0.25, 0.3) is 5.56 Å². The van der Waals surface area contributed by atoms with Gasteiger partial charge in [0.1, 0.15) is 0 Å². The highest BCUT2D eigenvalue weighted by Gasteiger charge is 2.32. The molecule has 1 aromatic heterocycles. The fourth-order valence-corrected chi connectivity index (χ4v) is 4.72. The molecule has 0 aliphatic rings. The number of halogens is 3. The number of thioether (sulfide) groups is 1. The number of nitrogens with one attached hydrogen (secondary N) is 2. The third kappa shape index (κ3) is 5.63. The lowest BCUT2D eigenvalue weighted by Gasteiger charge is -2.10. The molecule has 0 saturated carbocycles. The van der Waals surface area contributed by atoms with Gasteiger partial charge in [-0.2, -0.15) is 13.2 Å². The van der Waals surface area contributed by atoms with Gasteiger partial charge in [-0.15, -0.1) is 0 Å². The van der Waals surface area contributed by atoms with Crippen molar-refractivity contribution in [3.05, 3.63) is 75.7 Å². The van der Waals surface area contributed by atoms with E-state index >= 15 is 0 Å². The topological polar surface area (TPSA) is 109 Å². The van der Waals surface area contributed by atoms with Gasteiger partial charge in [0.15, 0.2) is 10.1 Å². The molecule has 2 N–H and O–H groups in total. The van der Waals surface area contributed by atoms with E-state index in [1.165, 1.54) is 0 Å². The summed E-state index contributed by atoms with van der Waals surface area (Å²) in [5.74, 6) is -0.479. The van der Waals surface area contributed by atoms with Crippen LogP contribution in [-0.4, -0.2) is 30.0 Å². The Hall–Kier alpha value is -3.12. The zero-order valence-electron chi connectivity index (χ0n) is 17.4. The standard InChI is InChI=1S/C21H18F3N3O4S2/c1-12-5-3-8-16(13(12)2)26-18(28)11-32-20-25-10-17(19(29)27-20)33(30,31)15-7-4-6-14(9-15)21(22,23)24/h3-10H,11H2,1-2H3,(H,26,28)(H,25,27,29). The van der Waals surface area contributed by atoms with Crippen LogP contribution in [0.4, 0.5) is 18.9 Å². The molecule has 33 heavy (non-hydrogen) atoms. The molecule has 0 saturated heterocycles. The first-order valence-corrected chi connectivity index (χ1v) is 11.9. The van der Waals surface area contributed by atoms with Crippen LogP contribution in [0.1, 0.15) is 16.7 Å². The van der Waals surface area contributed by atoms with Crippen LogP contribution in [0.2, 0.25) is 0 Å². The fraction of sp³-hybridized carbons (Fsp3) is 0.190. The first kappa shape index (κ1) is 24.5. The third-order valence-corrected chi connectivity index (χ3v) is 7.35. The minimum Gasteiger partial charge on any atom is -0.325 e. The average molecular weight is 498 g/mol. The molecular formula is C21H18F3N3O4S2. The first-order valence-electron chi connectivity index (χ1n) is 9.40. The van der Waals surface area contributed by atoms with Crippen LogP contribution in [0.15, 0.2) is 68.4 Å². The first-order chi connectivity index (χ1) is 15.4. The highest BCUT2D eigenvalue weighted by atomic mass is 32.2. The third-order valence-electron chi connectivity index (χ3n) is 4.72. The van der Waals surface area contributed by atoms with Crippen molar-refractivity contribution in [2.75, 3.05) is 11.1 Å². The Morgan fingerprint density at radius 2 is 1.85 bits per heavy atom. The Morgan fingerprint density at radius 3 is 2.52 bits per heavy atom. The van der Waals surface area contributed by atoms with Gasteiger partial charge in [0, 0.05) is 5.69 Å². The van der Waals surface area contributed by atoms with Gasteiger partial charge in [-0.1, -0.05) is 30.0 Å². The average Bonchev–Trinajstić information content (AvgIpc) is 2.75. The highest BCUT2D eigenvalue weighted by Crippen LogP contribution is 2.31. The quantitative estimate of drug-likeness (QED) is 0.394. The number of benzene rings is 2. The van der Waals surface area contributed by atoms with E-state index < -0.39 is 36.9 Å². The van der Waals surface area contributed by atoms with Gasteiger partial charge in [0.2, 0.25) is 15.7 Å². The van der Waals surface area contributed by atoms with Crippen molar-refractivity contribution >= 4 is 33.2 Å². The number of amides is 1. The maximum Gasteiger partial charge on any atom is 0.416 e. The van der Waals surface area contributed by atoms with Gasteiger partial charge < -0.3 is 10.3 Å². The minimum atomic E-state index is -4.74. The lowest BCUT2D eigenvalue weighted by molar-refractivity contribution is -0.137. The molecule has 174 valence electrons. The number of aromatic amines is 1. The second-order valence-corrected chi connectivity index (χ2v) is 9.88. The smallest absolute Gasteiger partial charge is 0.325 e. The molecule has 0 radical (unpaired) electrons. The van der Waals surface area contributed by atoms with Crippen LogP contribution < -0.4 is 10.9 Å². The number of carbonyl (C=O) groups excluding carboxylic acids is 1. The molecule has 0 fully saturated rings. The lowest BCUT2D eigenvalue weighted by atomic mass is 10.1. The number of carbonyl (C=O) groups is 1. The van der Waals surface area contributed by atoms with Crippen molar-refractivity contribution < 1.29 is 26.4 Å². The van der Waals surface area contributed by atoms with E-state index in [1.807, 2.05) is 19.9 Å². The molecule has 7 nitrogen and oxygen atoms in total. The summed E-state index contributed by atoms with van der Waals surface area (Å²) in [6.45, 7) is 3.77. The summed E-state index contributed by atoms with van der Waals surface area (Å²) < 4.78 is 64.1. The van der Waals surface area contributed by atoms with Crippen LogP contribution in [-0.2, 0) is 20.8 Å². The Balaban J connectivity index is 1.75. The number of sulfone groups is 1. The Labute approximate surface area is 191 Å². The number of nitrogens with zero attached hydrogens (tertiary/aromatic N) is 1. The second-order valence-electron chi connectivity index (χ2n) is 7.00. The van der Waals surface area contributed by atoms with Crippen molar-refractivity contribution in [3.63, 3.8) is 0 Å². The molecule has 0 bridgehead atoms. The molecule has 2 aromatic carbocycles. The lowest BCUT2D eigenvalue weighted by Crippen LogP contribution is -2.20. The van der Waals surface area contributed by atoms with E-state index in [9.17, 15) is 31.2 Å². The molecule has 12 heteroatoms. The van der Waals surface area contributed by atoms with Crippen molar-refractivity contribution in [1.29, 1.82) is 0 Å². The molecule has 1 amide bonds. The largest absolute Gasteiger partial charge is 0.416 e. The van der Waals surface area contributed by atoms with Crippen LogP contribution in [0.5, 0.6) is 0 Å². The van der Waals surface area contributed by atoms with Gasteiger partial charge in [-0.25, -0.2) is 13.4 Å². The summed E-state index contributed by atoms with van der Waals surface area (Å²) in [6.07, 6.45) is -3.98. The molecule has 3 rings (SSSR count). The number of hydrogen-bond donors (Lipinski definition) is 2. The zero-order chi connectivity index (χ0) is 24.4. The summed E-state index contributed by atoms with van der Waals surface area (Å²) >= 11 is 0.871. The van der Waals surface area contributed by atoms with Gasteiger partial charge >= 0.3 is 6.18 Å². The van der Waals surface area contributed by atoms with E-state index in [4.69, 9.17) is 0 Å². The van der Waals surface area contributed by atoms with Crippen LogP contribution in [0.3, 0.4) is 0 Å². The monoisotopic (exact) mass is 497 g/mol. The fourth-order valence-electron chi connectivity index (χ4n) is 2.80. The van der Waals surface area contributed by atoms with Gasteiger partial charge in [-0.05, 0) is 49.2 Å². The predicted molar refractivity (Wildman–Crippen MR) is 117 cm³/mol. The second kappa shape index (κ2) is 9.40. The maximum atomic E-state index is 12.9. The van der Waals surface area contributed by atoms with Crippen LogP contribution in [0, 0.1) is 13.8 Å². The summed E-state index contributed by atoms with van der Waals surface area (Å²) in [4.78, 5) is 29.2. The summed E-state index contributed by atoms with van der Waals surface area (Å²) in [7, 11) is -4.54. The summed E-state index contributed by atoms with van der Waals surface area (Å²) in [6, 6.07) is 8.54. The van der Waals surface area contributed by atoms with Crippen LogP contribution >= 0.6 is 11.8 Å². The Kier molecular flexibility index (Phi) is 6.98. The normalized spacial score (nSPS) is 11.9. The van der Waals surface area contributed by atoms with E-state index in [0.717, 1.165) is 47.3 Å². The van der Waals surface area contributed by atoms with E-state index in [2.05, 4.69) is 15.3 Å². The minimum absolute atomic E-state index is 0.0147. The van der Waals surface area contributed by atoms with E-state index in [0.29, 0.717) is 11.8 Å². The van der Waals surface area contributed by atoms with Crippen molar-refractivity contribution in [2.45, 2.75) is 35.0 Å². The molecule has 0 atom stereocenters. The van der Waals surface area contributed by atoms with Gasteiger partial charge in [0.05, 0.1) is 22.4 Å². The number of rotatable bonds is 6. The maximum absolute atomic E-state index is 12.9. The number of hydrogen-bond acceptors (Lipinski definition) is 6. The van der Waals surface area contributed by atoms with Gasteiger partial charge in [-0.3, -0.25) is 9.59 Å². The summed E-state index contributed by atoms with van der Waals surface area (Å²) in [5.41, 5.74) is 0.343. The van der Waals surface area contributed by atoms with E-state index in [1.54, 1.807) is 12.1 Å². The molecular weight excluding hydrogens is 479 g/mol.